The second-order valence-corrected chi connectivity index (χ2v) is 4.85. The van der Waals surface area contributed by atoms with Crippen molar-refractivity contribution in [1.82, 2.24) is 15.1 Å². The molecule has 1 aliphatic rings. The van der Waals surface area contributed by atoms with E-state index in [-0.39, 0.29) is 0 Å². The Hall–Kier alpha value is -0.160. The Labute approximate surface area is 99.9 Å². The van der Waals surface area contributed by atoms with Crippen LogP contribution in [0.15, 0.2) is 0 Å². The van der Waals surface area contributed by atoms with E-state index in [1.54, 1.807) is 7.11 Å². The van der Waals surface area contributed by atoms with Crippen LogP contribution in [0.3, 0.4) is 0 Å². The molecule has 4 heteroatoms. The van der Waals surface area contributed by atoms with E-state index in [1.807, 2.05) is 0 Å². The Kier molecular flexibility index (Phi) is 6.96. The van der Waals surface area contributed by atoms with E-state index in [2.05, 4.69) is 29.2 Å². The fraction of sp³-hybridized carbons (Fsp3) is 1.00. The molecule has 0 saturated carbocycles. The third-order valence-corrected chi connectivity index (χ3v) is 3.23. The second-order valence-electron chi connectivity index (χ2n) is 4.85. The van der Waals surface area contributed by atoms with E-state index >= 15 is 0 Å². The maximum absolute atomic E-state index is 5.05. The molecular weight excluding hydrogens is 202 g/mol. The summed E-state index contributed by atoms with van der Waals surface area (Å²) in [6.07, 6.45) is 2.65. The smallest absolute Gasteiger partial charge is 0.0589 e. The molecule has 1 fully saturated rings. The number of nitrogens with one attached hydrogen (secondary N) is 1. The molecule has 16 heavy (non-hydrogen) atoms. The van der Waals surface area contributed by atoms with Gasteiger partial charge in [0.05, 0.1) is 6.61 Å². The first-order chi connectivity index (χ1) is 7.72. The molecule has 0 aromatic carbocycles. The van der Waals surface area contributed by atoms with Crippen LogP contribution in [-0.4, -0.2) is 76.4 Å². The minimum Gasteiger partial charge on any atom is -0.383 e. The summed E-state index contributed by atoms with van der Waals surface area (Å²) >= 11 is 0. The lowest BCUT2D eigenvalue weighted by Crippen LogP contribution is -2.46. The zero-order valence-corrected chi connectivity index (χ0v) is 11.0. The number of hydrogen-bond donors (Lipinski definition) is 1. The number of methoxy groups -OCH3 is 1. The van der Waals surface area contributed by atoms with Crippen LogP contribution in [0, 0.1) is 0 Å². The number of likely N-dealkylation sites (N-methyl/N-ethyl adjacent to an activating group) is 2. The fourth-order valence-electron chi connectivity index (χ4n) is 2.15. The second kappa shape index (κ2) is 8.01. The summed E-state index contributed by atoms with van der Waals surface area (Å²) in [6, 6.07) is 0.689. The molecular formula is C12H27N3O. The molecule has 1 rings (SSSR count). The Bertz CT molecular complexity index is 178. The van der Waals surface area contributed by atoms with Crippen LogP contribution < -0.4 is 5.32 Å². The first-order valence-electron chi connectivity index (χ1n) is 6.31. The first-order valence-corrected chi connectivity index (χ1v) is 6.31. The summed E-state index contributed by atoms with van der Waals surface area (Å²) < 4.78 is 5.05. The van der Waals surface area contributed by atoms with Crippen molar-refractivity contribution in [3.63, 3.8) is 0 Å². The predicted octanol–water partition coefficient (Wildman–Crippen LogP) is 0.248. The third-order valence-electron chi connectivity index (χ3n) is 3.23. The minimum absolute atomic E-state index is 0.689. The SMILES string of the molecule is COCCN(C)CCNC1CCCN(C)C1. The fourth-order valence-corrected chi connectivity index (χ4v) is 2.15. The molecule has 1 aliphatic heterocycles. The maximum atomic E-state index is 5.05. The molecule has 0 spiro atoms. The van der Waals surface area contributed by atoms with E-state index in [9.17, 15) is 0 Å². The first kappa shape index (κ1) is 13.9. The van der Waals surface area contributed by atoms with Crippen molar-refractivity contribution in [1.29, 1.82) is 0 Å². The van der Waals surface area contributed by atoms with E-state index in [0.29, 0.717) is 6.04 Å². The third kappa shape index (κ3) is 5.80. The van der Waals surface area contributed by atoms with Gasteiger partial charge in [0.25, 0.3) is 0 Å². The van der Waals surface area contributed by atoms with Crippen molar-refractivity contribution in [2.45, 2.75) is 18.9 Å². The van der Waals surface area contributed by atoms with Gasteiger partial charge in [-0.3, -0.25) is 0 Å². The Morgan fingerprint density at radius 3 is 2.94 bits per heavy atom. The van der Waals surface area contributed by atoms with Gasteiger partial charge in [0.1, 0.15) is 0 Å². The quantitative estimate of drug-likeness (QED) is 0.677. The lowest BCUT2D eigenvalue weighted by Gasteiger charge is -2.30. The van der Waals surface area contributed by atoms with Crippen molar-refractivity contribution in [2.24, 2.45) is 0 Å². The summed E-state index contributed by atoms with van der Waals surface area (Å²) in [6.45, 7) is 6.47. The Morgan fingerprint density at radius 2 is 2.25 bits per heavy atom. The molecule has 0 aromatic heterocycles. The molecule has 0 bridgehead atoms. The standard InChI is InChI=1S/C12H27N3O/c1-14(9-10-16-3)8-6-13-12-5-4-7-15(2)11-12/h12-13H,4-11H2,1-3H3. The van der Waals surface area contributed by atoms with Crippen LogP contribution in [0.1, 0.15) is 12.8 Å². The average molecular weight is 229 g/mol. The zero-order valence-electron chi connectivity index (χ0n) is 11.0. The van der Waals surface area contributed by atoms with Crippen LogP contribution in [0.4, 0.5) is 0 Å². The van der Waals surface area contributed by atoms with Crippen LogP contribution >= 0.6 is 0 Å². The van der Waals surface area contributed by atoms with Gasteiger partial charge in [0.15, 0.2) is 0 Å². The van der Waals surface area contributed by atoms with Crippen LogP contribution in [0.5, 0.6) is 0 Å². The van der Waals surface area contributed by atoms with E-state index in [1.165, 1.54) is 25.9 Å². The van der Waals surface area contributed by atoms with E-state index in [4.69, 9.17) is 4.74 Å². The molecule has 4 nitrogen and oxygen atoms in total. The number of nitrogens with zero attached hydrogens (tertiary/aromatic N) is 2. The molecule has 1 N–H and O–H groups in total. The van der Waals surface area contributed by atoms with Gasteiger partial charge in [-0.15, -0.1) is 0 Å². The van der Waals surface area contributed by atoms with E-state index < -0.39 is 0 Å². The highest BCUT2D eigenvalue weighted by molar-refractivity contribution is 4.76. The summed E-state index contributed by atoms with van der Waals surface area (Å²) in [5, 5.41) is 3.64. The van der Waals surface area contributed by atoms with Gasteiger partial charge >= 0.3 is 0 Å². The van der Waals surface area contributed by atoms with Crippen molar-refractivity contribution < 1.29 is 4.74 Å². The maximum Gasteiger partial charge on any atom is 0.0589 e. The van der Waals surface area contributed by atoms with Crippen molar-refractivity contribution in [2.75, 3.05) is 60.5 Å². The van der Waals surface area contributed by atoms with E-state index in [0.717, 1.165) is 26.2 Å². The molecule has 1 heterocycles. The summed E-state index contributed by atoms with van der Waals surface area (Å²) in [5.41, 5.74) is 0. The normalized spacial score (nSPS) is 22.9. The van der Waals surface area contributed by atoms with Crippen LogP contribution in [0.25, 0.3) is 0 Å². The topological polar surface area (TPSA) is 27.7 Å². The van der Waals surface area contributed by atoms with Gasteiger partial charge < -0.3 is 19.9 Å². The van der Waals surface area contributed by atoms with Gasteiger partial charge in [0.2, 0.25) is 0 Å². The Balaban J connectivity index is 2.01. The average Bonchev–Trinajstić information content (AvgIpc) is 2.26. The highest BCUT2D eigenvalue weighted by Crippen LogP contribution is 2.07. The number of rotatable bonds is 7. The summed E-state index contributed by atoms with van der Waals surface area (Å²) in [7, 11) is 6.11. The highest BCUT2D eigenvalue weighted by Gasteiger charge is 2.15. The highest BCUT2D eigenvalue weighted by atomic mass is 16.5. The van der Waals surface area contributed by atoms with Gasteiger partial charge in [-0.1, -0.05) is 0 Å². The molecule has 1 saturated heterocycles. The molecule has 0 aliphatic carbocycles. The minimum atomic E-state index is 0.689. The largest absolute Gasteiger partial charge is 0.383 e. The number of hydrogen-bond acceptors (Lipinski definition) is 4. The van der Waals surface area contributed by atoms with Gasteiger partial charge in [-0.05, 0) is 33.5 Å². The van der Waals surface area contributed by atoms with Crippen LogP contribution in [-0.2, 0) is 4.74 Å². The molecule has 0 amide bonds. The van der Waals surface area contributed by atoms with Crippen molar-refractivity contribution >= 4 is 0 Å². The molecule has 1 unspecified atom stereocenters. The Morgan fingerprint density at radius 1 is 1.44 bits per heavy atom. The number of likely N-dealkylation sites (tertiary alicyclic amines) is 1. The molecule has 0 radical (unpaired) electrons. The van der Waals surface area contributed by atoms with Crippen LogP contribution in [0.2, 0.25) is 0 Å². The van der Waals surface area contributed by atoms with Crippen molar-refractivity contribution in [3.05, 3.63) is 0 Å². The molecule has 1 atom stereocenters. The lowest BCUT2D eigenvalue weighted by atomic mass is 10.1. The predicted molar refractivity (Wildman–Crippen MR) is 67.9 cm³/mol. The molecule has 96 valence electrons. The number of piperidine rings is 1. The zero-order chi connectivity index (χ0) is 11.8. The van der Waals surface area contributed by atoms with Crippen molar-refractivity contribution in [3.8, 4) is 0 Å². The number of ether oxygens (including phenoxy) is 1. The summed E-state index contributed by atoms with van der Waals surface area (Å²) in [4.78, 5) is 4.72. The van der Waals surface area contributed by atoms with Gasteiger partial charge in [0, 0.05) is 39.3 Å². The lowest BCUT2D eigenvalue weighted by molar-refractivity contribution is 0.159. The summed E-state index contributed by atoms with van der Waals surface area (Å²) in [5.74, 6) is 0. The molecule has 0 aromatic rings. The monoisotopic (exact) mass is 229 g/mol. The van der Waals surface area contributed by atoms with Gasteiger partial charge in [-0.2, -0.15) is 0 Å². The van der Waals surface area contributed by atoms with Gasteiger partial charge in [-0.25, -0.2) is 0 Å².